The van der Waals surface area contributed by atoms with Crippen LogP contribution in [0.2, 0.25) is 0 Å². The van der Waals surface area contributed by atoms with Gasteiger partial charge in [0, 0.05) is 0 Å². The highest BCUT2D eigenvalue weighted by molar-refractivity contribution is 7.15. The average Bonchev–Trinajstić information content (AvgIpc) is 3.17. The molecule has 140 valence electrons. The van der Waals surface area contributed by atoms with Gasteiger partial charge in [-0.3, -0.25) is 4.79 Å². The largest absolute Gasteiger partial charge is 0.493 e. The molecule has 6 nitrogen and oxygen atoms in total. The minimum Gasteiger partial charge on any atom is -0.493 e. The summed E-state index contributed by atoms with van der Waals surface area (Å²) in [5.74, 6) is 0.996. The summed E-state index contributed by atoms with van der Waals surface area (Å²) < 4.78 is 12.9. The van der Waals surface area contributed by atoms with Gasteiger partial charge in [0.1, 0.15) is 6.07 Å². The first-order valence-electron chi connectivity index (χ1n) is 8.63. The number of thiazole rings is 1. The molecule has 0 aliphatic rings. The summed E-state index contributed by atoms with van der Waals surface area (Å²) in [7, 11) is 1.53. The first-order valence-corrected chi connectivity index (χ1v) is 9.45. The Morgan fingerprint density at radius 3 is 2.75 bits per heavy atom. The molecule has 0 saturated heterocycles. The van der Waals surface area contributed by atoms with Gasteiger partial charge in [-0.1, -0.05) is 17.4 Å². The second kappa shape index (κ2) is 6.98. The topological polar surface area (TPSA) is 76.6 Å². The number of ether oxygens (including phenoxy) is 2. The number of hydrogen-bond acceptors (Lipinski definition) is 6. The zero-order chi connectivity index (χ0) is 19.8. The summed E-state index contributed by atoms with van der Waals surface area (Å²) in [6, 6.07) is 11.3. The Kier molecular flexibility index (Phi) is 4.49. The van der Waals surface area contributed by atoms with Crippen LogP contribution in [0.4, 0.5) is 0 Å². The van der Waals surface area contributed by atoms with Gasteiger partial charge in [0.05, 0.1) is 22.7 Å². The molecule has 0 aliphatic carbocycles. The van der Waals surface area contributed by atoms with E-state index in [1.165, 1.54) is 18.4 Å². The van der Waals surface area contributed by atoms with Crippen LogP contribution in [0.1, 0.15) is 16.7 Å². The van der Waals surface area contributed by atoms with E-state index in [-0.39, 0.29) is 12.2 Å². The highest BCUT2D eigenvalue weighted by Gasteiger charge is 2.13. The summed E-state index contributed by atoms with van der Waals surface area (Å²) >= 11 is 1.36. The second-order valence-electron chi connectivity index (χ2n) is 6.43. The maximum absolute atomic E-state index is 13.0. The van der Waals surface area contributed by atoms with E-state index in [1.54, 1.807) is 16.5 Å². The van der Waals surface area contributed by atoms with Crippen LogP contribution in [0.5, 0.6) is 11.5 Å². The summed E-state index contributed by atoms with van der Waals surface area (Å²) in [5, 5.41) is 8.66. The standard InChI is InChI=1S/C21H17N3O3S/c1-12-8-15-16(9-13(12)2)24-20(25)19(28-21(24)23-15)11-14-4-5-17(27-7-6-22)18(10-14)26-3/h4-5,8-11H,7H2,1-3H3/b19-11+. The van der Waals surface area contributed by atoms with Crippen LogP contribution < -0.4 is 19.6 Å². The zero-order valence-corrected chi connectivity index (χ0v) is 16.5. The molecule has 0 saturated carbocycles. The molecule has 28 heavy (non-hydrogen) atoms. The fourth-order valence-corrected chi connectivity index (χ4v) is 4.06. The van der Waals surface area contributed by atoms with Crippen molar-refractivity contribution in [1.29, 1.82) is 5.26 Å². The van der Waals surface area contributed by atoms with Gasteiger partial charge in [0.2, 0.25) is 0 Å². The van der Waals surface area contributed by atoms with Gasteiger partial charge in [-0.05, 0) is 60.9 Å². The van der Waals surface area contributed by atoms with Crippen molar-refractivity contribution in [3.63, 3.8) is 0 Å². The van der Waals surface area contributed by atoms with Crippen molar-refractivity contribution in [3.05, 3.63) is 61.9 Å². The van der Waals surface area contributed by atoms with E-state index in [0.29, 0.717) is 21.0 Å². The number of fused-ring (bicyclic) bond motifs is 3. The number of hydrogen-bond donors (Lipinski definition) is 0. The Morgan fingerprint density at radius 2 is 2.00 bits per heavy atom. The quantitative estimate of drug-likeness (QED) is 0.535. The van der Waals surface area contributed by atoms with E-state index in [2.05, 4.69) is 4.98 Å². The lowest BCUT2D eigenvalue weighted by molar-refractivity contribution is 0.329. The molecule has 0 radical (unpaired) electrons. The van der Waals surface area contributed by atoms with Crippen LogP contribution >= 0.6 is 11.3 Å². The Balaban J connectivity index is 1.84. The zero-order valence-electron chi connectivity index (χ0n) is 15.6. The normalized spacial score (nSPS) is 11.9. The lowest BCUT2D eigenvalue weighted by atomic mass is 10.1. The van der Waals surface area contributed by atoms with Gasteiger partial charge in [0.15, 0.2) is 23.1 Å². The molecule has 0 bridgehead atoms. The molecule has 0 amide bonds. The van der Waals surface area contributed by atoms with E-state index in [0.717, 1.165) is 27.7 Å². The van der Waals surface area contributed by atoms with Gasteiger partial charge < -0.3 is 9.47 Å². The number of nitriles is 1. The molecule has 0 N–H and O–H groups in total. The third kappa shape index (κ3) is 2.98. The third-order valence-corrected chi connectivity index (χ3v) is 5.60. The molecule has 7 heteroatoms. The second-order valence-corrected chi connectivity index (χ2v) is 7.44. The fraction of sp³-hybridized carbons (Fsp3) is 0.190. The molecule has 2 heterocycles. The Bertz CT molecular complexity index is 1360. The van der Waals surface area contributed by atoms with Crippen molar-refractivity contribution in [3.8, 4) is 17.6 Å². The molecule has 0 spiro atoms. The molecule has 0 aliphatic heterocycles. The fourth-order valence-electron chi connectivity index (χ4n) is 3.07. The lowest BCUT2D eigenvalue weighted by Gasteiger charge is -2.08. The van der Waals surface area contributed by atoms with E-state index in [1.807, 2.05) is 44.2 Å². The molecule has 0 atom stereocenters. The van der Waals surface area contributed by atoms with Crippen molar-refractivity contribution in [2.24, 2.45) is 0 Å². The molecular formula is C21H17N3O3S. The number of nitrogens with zero attached hydrogens (tertiary/aromatic N) is 3. The van der Waals surface area contributed by atoms with Gasteiger partial charge in [0.25, 0.3) is 5.56 Å². The van der Waals surface area contributed by atoms with Crippen molar-refractivity contribution in [2.75, 3.05) is 13.7 Å². The van der Waals surface area contributed by atoms with Crippen LogP contribution in [0.25, 0.3) is 22.1 Å². The predicted octanol–water partition coefficient (Wildman–Crippen LogP) is 2.98. The van der Waals surface area contributed by atoms with E-state index in [9.17, 15) is 4.79 Å². The number of imidazole rings is 1. The van der Waals surface area contributed by atoms with Gasteiger partial charge >= 0.3 is 0 Å². The van der Waals surface area contributed by atoms with Gasteiger partial charge in [-0.15, -0.1) is 0 Å². The lowest BCUT2D eigenvalue weighted by Crippen LogP contribution is -2.22. The summed E-state index contributed by atoms with van der Waals surface area (Å²) in [6.07, 6.45) is 1.81. The summed E-state index contributed by atoms with van der Waals surface area (Å²) in [6.45, 7) is 4.01. The van der Waals surface area contributed by atoms with E-state index < -0.39 is 0 Å². The number of methoxy groups -OCH3 is 1. The molecule has 2 aromatic carbocycles. The first-order chi connectivity index (χ1) is 13.5. The Morgan fingerprint density at radius 1 is 1.21 bits per heavy atom. The van der Waals surface area contributed by atoms with Crippen LogP contribution in [0.15, 0.2) is 35.1 Å². The highest BCUT2D eigenvalue weighted by Crippen LogP contribution is 2.28. The summed E-state index contributed by atoms with van der Waals surface area (Å²) in [5.41, 5.74) is 4.66. The van der Waals surface area contributed by atoms with Crippen molar-refractivity contribution in [2.45, 2.75) is 13.8 Å². The highest BCUT2D eigenvalue weighted by atomic mass is 32.1. The number of rotatable bonds is 4. The van der Waals surface area contributed by atoms with Crippen LogP contribution in [0.3, 0.4) is 0 Å². The smallest absolute Gasteiger partial charge is 0.274 e. The van der Waals surface area contributed by atoms with Crippen LogP contribution in [0, 0.1) is 25.2 Å². The Hall–Kier alpha value is -3.37. The van der Waals surface area contributed by atoms with Gasteiger partial charge in [-0.25, -0.2) is 9.38 Å². The molecular weight excluding hydrogens is 374 g/mol. The van der Waals surface area contributed by atoms with E-state index in [4.69, 9.17) is 14.7 Å². The maximum atomic E-state index is 13.0. The number of aryl methyl sites for hydroxylation is 2. The maximum Gasteiger partial charge on any atom is 0.274 e. The van der Waals surface area contributed by atoms with Crippen molar-refractivity contribution in [1.82, 2.24) is 9.38 Å². The predicted molar refractivity (Wildman–Crippen MR) is 109 cm³/mol. The molecule has 0 fully saturated rings. The SMILES string of the molecule is COc1cc(/C=c2/sc3nc4cc(C)c(C)cc4n3c2=O)ccc1OCC#N. The monoisotopic (exact) mass is 391 g/mol. The Labute approximate surface area is 164 Å². The molecule has 4 aromatic rings. The molecule has 2 aromatic heterocycles. The van der Waals surface area contributed by atoms with Crippen molar-refractivity contribution < 1.29 is 9.47 Å². The van der Waals surface area contributed by atoms with Crippen LogP contribution in [-0.2, 0) is 0 Å². The van der Waals surface area contributed by atoms with E-state index >= 15 is 0 Å². The number of benzene rings is 2. The minimum atomic E-state index is -0.0884. The first kappa shape index (κ1) is 18.0. The van der Waals surface area contributed by atoms with Crippen molar-refractivity contribution >= 4 is 33.4 Å². The molecule has 0 unspecified atom stereocenters. The van der Waals surface area contributed by atoms with Crippen LogP contribution in [-0.4, -0.2) is 23.1 Å². The third-order valence-electron chi connectivity index (χ3n) is 4.63. The average molecular weight is 391 g/mol. The van der Waals surface area contributed by atoms with Gasteiger partial charge in [-0.2, -0.15) is 5.26 Å². The molecule has 4 rings (SSSR count). The minimum absolute atomic E-state index is 0.0573. The summed E-state index contributed by atoms with van der Waals surface area (Å²) in [4.78, 5) is 18.3. The number of aromatic nitrogens is 2.